The highest BCUT2D eigenvalue weighted by Crippen LogP contribution is 2.13. The molecule has 0 saturated carbocycles. The molecule has 0 aromatic heterocycles. The molecule has 0 aliphatic rings. The Hall–Kier alpha value is -0.140. The van der Waals surface area contributed by atoms with Crippen LogP contribution >= 0.6 is 0 Å². The standard InChI is InChI=1S/C22H39S.ClH/c1-3-4-5-6-7-8-9-10-11-12-13-17-20-23(2)21-22-18-15-14-16-19-22;/h14-16,18-19H,3-13,17,20-21H2,1-2H3;1H/q+1;/p-1. The van der Waals surface area contributed by atoms with Gasteiger partial charge in [0, 0.05) is 5.56 Å². The van der Waals surface area contributed by atoms with Crippen molar-refractivity contribution < 1.29 is 12.4 Å². The number of hydrogen-bond donors (Lipinski definition) is 0. The third kappa shape index (κ3) is 14.2. The first-order valence-corrected chi connectivity index (χ1v) is 11.9. The van der Waals surface area contributed by atoms with E-state index in [0.717, 1.165) is 0 Å². The molecule has 0 spiro atoms. The van der Waals surface area contributed by atoms with Gasteiger partial charge in [0.25, 0.3) is 0 Å². The van der Waals surface area contributed by atoms with E-state index in [1.165, 1.54) is 94.1 Å². The Morgan fingerprint density at radius 2 is 1.12 bits per heavy atom. The van der Waals surface area contributed by atoms with E-state index in [9.17, 15) is 0 Å². The summed E-state index contributed by atoms with van der Waals surface area (Å²) < 4.78 is 0. The van der Waals surface area contributed by atoms with E-state index in [0.29, 0.717) is 10.9 Å². The van der Waals surface area contributed by atoms with Gasteiger partial charge in [-0.3, -0.25) is 0 Å². The summed E-state index contributed by atoms with van der Waals surface area (Å²) in [4.78, 5) is 0. The van der Waals surface area contributed by atoms with Crippen LogP contribution in [0.1, 0.15) is 89.5 Å². The molecular formula is C22H39ClS. The molecule has 1 unspecified atom stereocenters. The highest BCUT2D eigenvalue weighted by molar-refractivity contribution is 7.95. The minimum absolute atomic E-state index is 0. The van der Waals surface area contributed by atoms with E-state index in [1.54, 1.807) is 0 Å². The van der Waals surface area contributed by atoms with E-state index in [2.05, 4.69) is 43.5 Å². The van der Waals surface area contributed by atoms with Gasteiger partial charge in [-0.05, 0) is 23.7 Å². The predicted molar refractivity (Wildman–Crippen MR) is 109 cm³/mol. The highest BCUT2D eigenvalue weighted by Gasteiger charge is 2.10. The molecule has 0 radical (unpaired) electrons. The van der Waals surface area contributed by atoms with Gasteiger partial charge in [-0.25, -0.2) is 0 Å². The van der Waals surface area contributed by atoms with Gasteiger partial charge in [0.15, 0.2) is 0 Å². The average molecular weight is 371 g/mol. The van der Waals surface area contributed by atoms with Crippen molar-refractivity contribution in [3.05, 3.63) is 35.9 Å². The maximum atomic E-state index is 2.44. The second-order valence-electron chi connectivity index (χ2n) is 7.00. The summed E-state index contributed by atoms with van der Waals surface area (Å²) in [7, 11) is 0.564. The smallest absolute Gasteiger partial charge is 0.132 e. The molecule has 24 heavy (non-hydrogen) atoms. The first-order valence-electron chi connectivity index (χ1n) is 9.96. The minimum atomic E-state index is 0. The highest BCUT2D eigenvalue weighted by atomic mass is 35.5. The Morgan fingerprint density at radius 3 is 1.62 bits per heavy atom. The van der Waals surface area contributed by atoms with Gasteiger partial charge >= 0.3 is 0 Å². The molecule has 1 aromatic rings. The predicted octanol–water partition coefficient (Wildman–Crippen LogP) is 4.14. The van der Waals surface area contributed by atoms with Gasteiger partial charge < -0.3 is 12.4 Å². The summed E-state index contributed by atoms with van der Waals surface area (Å²) in [5, 5.41) is 0. The van der Waals surface area contributed by atoms with Crippen molar-refractivity contribution in [3.8, 4) is 0 Å². The molecule has 1 atom stereocenters. The van der Waals surface area contributed by atoms with Crippen molar-refractivity contribution in [1.29, 1.82) is 0 Å². The van der Waals surface area contributed by atoms with E-state index in [4.69, 9.17) is 0 Å². The maximum Gasteiger partial charge on any atom is 0.132 e. The van der Waals surface area contributed by atoms with Crippen molar-refractivity contribution >= 4 is 10.9 Å². The molecule has 0 aliphatic heterocycles. The summed E-state index contributed by atoms with van der Waals surface area (Å²) in [5.41, 5.74) is 1.51. The maximum absolute atomic E-state index is 2.44. The van der Waals surface area contributed by atoms with Gasteiger partial charge in [0.05, 0.1) is 6.26 Å². The molecule has 0 amide bonds. The number of benzene rings is 1. The zero-order chi connectivity index (χ0) is 16.6. The molecule has 140 valence electrons. The largest absolute Gasteiger partial charge is 1.00 e. The quantitative estimate of drug-likeness (QED) is 0.321. The molecule has 1 rings (SSSR count). The minimum Gasteiger partial charge on any atom is -1.00 e. The lowest BCUT2D eigenvalue weighted by Gasteiger charge is -2.05. The topological polar surface area (TPSA) is 0 Å². The number of hydrogen-bond acceptors (Lipinski definition) is 0. The zero-order valence-electron chi connectivity index (χ0n) is 16.1. The molecule has 1 aromatic carbocycles. The molecule has 0 N–H and O–H groups in total. The molecular weight excluding hydrogens is 332 g/mol. The lowest BCUT2D eigenvalue weighted by atomic mass is 10.1. The first-order chi connectivity index (χ1) is 11.3. The second-order valence-corrected chi connectivity index (χ2v) is 9.26. The third-order valence-electron chi connectivity index (χ3n) is 4.60. The van der Waals surface area contributed by atoms with Gasteiger partial charge in [-0.1, -0.05) is 101 Å². The summed E-state index contributed by atoms with van der Waals surface area (Å²) in [6.45, 7) is 2.29. The zero-order valence-corrected chi connectivity index (χ0v) is 17.6. The van der Waals surface area contributed by atoms with Gasteiger partial charge in [-0.15, -0.1) is 0 Å². The fraction of sp³-hybridized carbons (Fsp3) is 0.727. The van der Waals surface area contributed by atoms with Crippen molar-refractivity contribution in [1.82, 2.24) is 0 Å². The number of unbranched alkanes of at least 4 members (excludes halogenated alkanes) is 11. The molecule has 0 heterocycles. The van der Waals surface area contributed by atoms with Crippen LogP contribution in [0.5, 0.6) is 0 Å². The number of rotatable bonds is 15. The lowest BCUT2D eigenvalue weighted by Crippen LogP contribution is -3.00. The summed E-state index contributed by atoms with van der Waals surface area (Å²) in [6, 6.07) is 11.0. The van der Waals surface area contributed by atoms with E-state index in [1.807, 2.05) is 0 Å². The first kappa shape index (κ1) is 23.9. The average Bonchev–Trinajstić information content (AvgIpc) is 2.57. The second kappa shape index (κ2) is 17.7. The molecule has 0 saturated heterocycles. The SMILES string of the molecule is CCCCCCCCCCCCCC[S+](C)Cc1ccccc1.[Cl-]. The van der Waals surface area contributed by atoms with Crippen molar-refractivity contribution in [2.45, 2.75) is 89.7 Å². The molecule has 0 nitrogen and oxygen atoms in total. The van der Waals surface area contributed by atoms with E-state index in [-0.39, 0.29) is 12.4 Å². The van der Waals surface area contributed by atoms with Crippen molar-refractivity contribution in [2.24, 2.45) is 0 Å². The van der Waals surface area contributed by atoms with Crippen LogP contribution in [0.25, 0.3) is 0 Å². The normalized spacial score (nSPS) is 11.9. The molecule has 0 aliphatic carbocycles. The molecule has 0 fully saturated rings. The lowest BCUT2D eigenvalue weighted by molar-refractivity contribution is -0.00000507. The molecule has 2 heteroatoms. The van der Waals surface area contributed by atoms with Crippen LogP contribution in [-0.4, -0.2) is 12.0 Å². The fourth-order valence-electron chi connectivity index (χ4n) is 3.12. The Labute approximate surface area is 161 Å². The van der Waals surface area contributed by atoms with Crippen LogP contribution in [0.2, 0.25) is 0 Å². The van der Waals surface area contributed by atoms with E-state index < -0.39 is 0 Å². The van der Waals surface area contributed by atoms with Crippen molar-refractivity contribution in [2.75, 3.05) is 12.0 Å². The van der Waals surface area contributed by atoms with Gasteiger partial charge in [-0.2, -0.15) is 0 Å². The van der Waals surface area contributed by atoms with Crippen molar-refractivity contribution in [3.63, 3.8) is 0 Å². The van der Waals surface area contributed by atoms with Gasteiger partial charge in [0.2, 0.25) is 0 Å². The van der Waals surface area contributed by atoms with Crippen LogP contribution in [0, 0.1) is 0 Å². The van der Waals surface area contributed by atoms with Crippen LogP contribution < -0.4 is 12.4 Å². The Morgan fingerprint density at radius 1 is 0.667 bits per heavy atom. The Bertz CT molecular complexity index is 352. The monoisotopic (exact) mass is 370 g/mol. The summed E-state index contributed by atoms with van der Waals surface area (Å²) in [5.74, 6) is 2.70. The third-order valence-corrected chi connectivity index (χ3v) is 6.41. The summed E-state index contributed by atoms with van der Waals surface area (Å²) in [6.07, 6.45) is 19.8. The number of halogens is 1. The molecule has 0 bridgehead atoms. The van der Waals surface area contributed by atoms with Crippen LogP contribution in [-0.2, 0) is 16.6 Å². The fourth-order valence-corrected chi connectivity index (χ4v) is 4.72. The summed E-state index contributed by atoms with van der Waals surface area (Å²) >= 11 is 0. The van der Waals surface area contributed by atoms with Crippen LogP contribution in [0.3, 0.4) is 0 Å². The van der Waals surface area contributed by atoms with Crippen LogP contribution in [0.4, 0.5) is 0 Å². The van der Waals surface area contributed by atoms with Gasteiger partial charge in [0.1, 0.15) is 11.5 Å². The Kier molecular flexibility index (Phi) is 17.6. The van der Waals surface area contributed by atoms with Crippen LogP contribution in [0.15, 0.2) is 30.3 Å². The van der Waals surface area contributed by atoms with E-state index >= 15 is 0 Å². The Balaban J connectivity index is 0.00000529.